The Morgan fingerprint density at radius 2 is 1.87 bits per heavy atom. The van der Waals surface area contributed by atoms with Crippen molar-refractivity contribution in [2.75, 3.05) is 26.3 Å². The van der Waals surface area contributed by atoms with Gasteiger partial charge in [-0.3, -0.25) is 0 Å². The first kappa shape index (κ1) is 12.9. The lowest BCUT2D eigenvalue weighted by Crippen LogP contribution is -2.39. The van der Waals surface area contributed by atoms with Crippen LogP contribution in [0.15, 0.2) is 0 Å². The van der Waals surface area contributed by atoms with Gasteiger partial charge in [0.25, 0.3) is 10.2 Å². The van der Waals surface area contributed by atoms with Gasteiger partial charge in [0.2, 0.25) is 0 Å². The van der Waals surface area contributed by atoms with Gasteiger partial charge in [-0.1, -0.05) is 6.92 Å². The summed E-state index contributed by atoms with van der Waals surface area (Å²) in [6.45, 7) is 5.34. The minimum absolute atomic E-state index is 0.297. The zero-order valence-corrected chi connectivity index (χ0v) is 9.89. The third-order valence-corrected chi connectivity index (χ3v) is 3.36. The molecule has 15 heavy (non-hydrogen) atoms. The second kappa shape index (κ2) is 5.22. The lowest BCUT2D eigenvalue weighted by Gasteiger charge is -2.22. The maximum atomic E-state index is 11.2. The third-order valence-electron chi connectivity index (χ3n) is 2.10. The van der Waals surface area contributed by atoms with Crippen LogP contribution in [0.3, 0.4) is 0 Å². The highest BCUT2D eigenvalue weighted by atomic mass is 32.2. The van der Waals surface area contributed by atoms with Crippen LogP contribution in [-0.4, -0.2) is 40.5 Å². The molecule has 1 heterocycles. The van der Waals surface area contributed by atoms with Gasteiger partial charge in [-0.25, -0.2) is 9.44 Å². The molecule has 0 aromatic carbocycles. The summed E-state index contributed by atoms with van der Waals surface area (Å²) in [6, 6.07) is 0. The van der Waals surface area contributed by atoms with Crippen molar-refractivity contribution in [3.05, 3.63) is 0 Å². The highest BCUT2D eigenvalue weighted by Gasteiger charge is 2.30. The van der Waals surface area contributed by atoms with Crippen molar-refractivity contribution in [3.63, 3.8) is 0 Å². The number of hydrogen-bond donors (Lipinski definition) is 2. The Hall–Kier alpha value is -0.210. The quantitative estimate of drug-likeness (QED) is 0.659. The van der Waals surface area contributed by atoms with Crippen LogP contribution in [0, 0.1) is 0 Å². The molecule has 6 nitrogen and oxygen atoms in total. The van der Waals surface area contributed by atoms with Crippen molar-refractivity contribution in [1.82, 2.24) is 9.44 Å². The Kier molecular flexibility index (Phi) is 4.47. The Balaban J connectivity index is 2.26. The van der Waals surface area contributed by atoms with Gasteiger partial charge >= 0.3 is 0 Å². The first-order valence-corrected chi connectivity index (χ1v) is 6.48. The molecular formula is C8H18N2O4S. The van der Waals surface area contributed by atoms with Crippen molar-refractivity contribution < 1.29 is 17.9 Å². The average molecular weight is 238 g/mol. The number of nitrogens with one attached hydrogen (secondary N) is 2. The van der Waals surface area contributed by atoms with E-state index in [0.717, 1.165) is 0 Å². The van der Waals surface area contributed by atoms with Crippen LogP contribution >= 0.6 is 0 Å². The molecule has 0 unspecified atom stereocenters. The third kappa shape index (κ3) is 4.43. The van der Waals surface area contributed by atoms with E-state index in [9.17, 15) is 8.42 Å². The molecule has 1 aliphatic rings. The van der Waals surface area contributed by atoms with Gasteiger partial charge in [-0.2, -0.15) is 8.42 Å². The van der Waals surface area contributed by atoms with E-state index in [4.69, 9.17) is 9.47 Å². The molecule has 1 fully saturated rings. The molecule has 0 spiro atoms. The zero-order chi connectivity index (χ0) is 11.4. The maximum absolute atomic E-state index is 11.2. The van der Waals surface area contributed by atoms with Crippen molar-refractivity contribution in [2.45, 2.75) is 26.1 Å². The van der Waals surface area contributed by atoms with Crippen molar-refractivity contribution in [3.8, 4) is 0 Å². The van der Waals surface area contributed by atoms with Crippen LogP contribution in [0.2, 0.25) is 0 Å². The molecule has 1 saturated heterocycles. The largest absolute Gasteiger partial charge is 0.348 e. The molecule has 0 aliphatic carbocycles. The van der Waals surface area contributed by atoms with Crippen LogP contribution in [0.25, 0.3) is 0 Å². The first-order valence-electron chi connectivity index (χ1n) is 4.99. The number of ether oxygens (including phenoxy) is 2. The summed E-state index contributed by atoms with van der Waals surface area (Å²) in [5, 5.41) is 0. The van der Waals surface area contributed by atoms with Crippen molar-refractivity contribution >= 4 is 10.2 Å². The van der Waals surface area contributed by atoms with Crippen molar-refractivity contribution in [1.29, 1.82) is 0 Å². The average Bonchev–Trinajstić information content (AvgIpc) is 2.51. The lowest BCUT2D eigenvalue weighted by molar-refractivity contribution is -0.145. The van der Waals surface area contributed by atoms with Crippen LogP contribution < -0.4 is 9.44 Å². The zero-order valence-electron chi connectivity index (χ0n) is 9.08. The molecule has 0 aromatic rings. The van der Waals surface area contributed by atoms with E-state index in [1.807, 2.05) is 6.92 Å². The molecule has 2 N–H and O–H groups in total. The summed E-state index contributed by atoms with van der Waals surface area (Å²) >= 11 is 0. The fraction of sp³-hybridized carbons (Fsp3) is 1.00. The molecule has 0 saturated carbocycles. The molecule has 0 atom stereocenters. The van der Waals surface area contributed by atoms with Gasteiger partial charge in [0, 0.05) is 19.5 Å². The Labute approximate surface area is 90.5 Å². The molecule has 0 amide bonds. The molecule has 0 aromatic heterocycles. The standard InChI is InChI=1S/C8H18N2O4S/c1-3-9-15(11,12)10-5-4-8(2)13-6-7-14-8/h9-10H,3-7H2,1-2H3. The normalized spacial score (nSPS) is 20.7. The molecule has 90 valence electrons. The summed E-state index contributed by atoms with van der Waals surface area (Å²) in [5.41, 5.74) is 0. The van der Waals surface area contributed by atoms with E-state index in [0.29, 0.717) is 32.7 Å². The summed E-state index contributed by atoms with van der Waals surface area (Å²) in [4.78, 5) is 0. The molecule has 0 bridgehead atoms. The fourth-order valence-corrected chi connectivity index (χ4v) is 2.21. The minimum atomic E-state index is -3.36. The molecule has 0 radical (unpaired) electrons. The summed E-state index contributed by atoms with van der Waals surface area (Å²) in [7, 11) is -3.36. The molecular weight excluding hydrogens is 220 g/mol. The second-order valence-electron chi connectivity index (χ2n) is 3.48. The Bertz CT molecular complexity index is 285. The van der Waals surface area contributed by atoms with Gasteiger partial charge in [-0.05, 0) is 6.92 Å². The second-order valence-corrected chi connectivity index (χ2v) is 5.06. The van der Waals surface area contributed by atoms with Gasteiger partial charge in [-0.15, -0.1) is 0 Å². The number of rotatable bonds is 6. The van der Waals surface area contributed by atoms with Crippen molar-refractivity contribution in [2.24, 2.45) is 0 Å². The monoisotopic (exact) mass is 238 g/mol. The van der Waals surface area contributed by atoms with E-state index in [2.05, 4.69) is 9.44 Å². The minimum Gasteiger partial charge on any atom is -0.348 e. The van der Waals surface area contributed by atoms with Crippen LogP contribution in [0.4, 0.5) is 0 Å². The Morgan fingerprint density at radius 1 is 1.27 bits per heavy atom. The van der Waals surface area contributed by atoms with Gasteiger partial charge < -0.3 is 9.47 Å². The topological polar surface area (TPSA) is 76.7 Å². The van der Waals surface area contributed by atoms with Crippen LogP contribution in [0.5, 0.6) is 0 Å². The van der Waals surface area contributed by atoms with E-state index in [1.165, 1.54) is 0 Å². The van der Waals surface area contributed by atoms with Crippen LogP contribution in [0.1, 0.15) is 20.3 Å². The van der Waals surface area contributed by atoms with E-state index >= 15 is 0 Å². The SMILES string of the molecule is CCNS(=O)(=O)NCCC1(C)OCCO1. The Morgan fingerprint density at radius 3 is 2.40 bits per heavy atom. The van der Waals surface area contributed by atoms with E-state index < -0.39 is 16.0 Å². The maximum Gasteiger partial charge on any atom is 0.276 e. The molecule has 7 heteroatoms. The smallest absolute Gasteiger partial charge is 0.276 e. The van der Waals surface area contributed by atoms with E-state index in [-0.39, 0.29) is 0 Å². The van der Waals surface area contributed by atoms with Gasteiger partial charge in [0.1, 0.15) is 0 Å². The van der Waals surface area contributed by atoms with E-state index in [1.54, 1.807) is 6.92 Å². The van der Waals surface area contributed by atoms with Gasteiger partial charge in [0.15, 0.2) is 5.79 Å². The summed E-state index contributed by atoms with van der Waals surface area (Å²) < 4.78 is 37.8. The highest BCUT2D eigenvalue weighted by molar-refractivity contribution is 7.87. The van der Waals surface area contributed by atoms with Gasteiger partial charge in [0.05, 0.1) is 13.2 Å². The predicted molar refractivity (Wildman–Crippen MR) is 55.5 cm³/mol. The summed E-state index contributed by atoms with van der Waals surface area (Å²) in [6.07, 6.45) is 0.498. The lowest BCUT2D eigenvalue weighted by atomic mass is 10.2. The molecule has 1 aliphatic heterocycles. The molecule has 1 rings (SSSR count). The predicted octanol–water partition coefficient (Wildman–Crippen LogP) is -0.417. The number of hydrogen-bond acceptors (Lipinski definition) is 4. The summed E-state index contributed by atoms with van der Waals surface area (Å²) in [5.74, 6) is -0.644. The van der Waals surface area contributed by atoms with Crippen LogP contribution in [-0.2, 0) is 19.7 Å². The highest BCUT2D eigenvalue weighted by Crippen LogP contribution is 2.21. The fourth-order valence-electron chi connectivity index (χ4n) is 1.35. The first-order chi connectivity index (χ1) is 6.97.